The lowest BCUT2D eigenvalue weighted by Crippen LogP contribution is -2.11. The van der Waals surface area contributed by atoms with Crippen molar-refractivity contribution in [3.63, 3.8) is 0 Å². The maximum absolute atomic E-state index is 4.71. The molecule has 0 unspecified atom stereocenters. The van der Waals surface area contributed by atoms with Gasteiger partial charge in [-0.3, -0.25) is 0 Å². The standard InChI is InChI=1S/C16H18N6/c1-10-11-3-2-4-12(11)22-14(21-10)6-8-18-16-15-13(5-7-17-15)19-9-20-16/h5,7,9,17H,2-4,6,8H2,1H3,(H,18,19,20). The van der Waals surface area contributed by atoms with Crippen molar-refractivity contribution in [2.45, 2.75) is 32.6 Å². The molecule has 6 heteroatoms. The summed E-state index contributed by atoms with van der Waals surface area (Å²) < 4.78 is 0. The molecular weight excluding hydrogens is 276 g/mol. The smallest absolute Gasteiger partial charge is 0.153 e. The van der Waals surface area contributed by atoms with Gasteiger partial charge in [-0.05, 0) is 37.8 Å². The van der Waals surface area contributed by atoms with Crippen molar-refractivity contribution in [1.82, 2.24) is 24.9 Å². The molecule has 112 valence electrons. The van der Waals surface area contributed by atoms with Gasteiger partial charge in [0.25, 0.3) is 0 Å². The Morgan fingerprint density at radius 2 is 2.18 bits per heavy atom. The lowest BCUT2D eigenvalue weighted by atomic mass is 10.2. The van der Waals surface area contributed by atoms with Crippen LogP contribution in [0.2, 0.25) is 0 Å². The molecule has 2 N–H and O–H groups in total. The summed E-state index contributed by atoms with van der Waals surface area (Å²) in [6.07, 6.45) is 7.67. The van der Waals surface area contributed by atoms with E-state index in [0.29, 0.717) is 0 Å². The number of rotatable bonds is 4. The summed E-state index contributed by atoms with van der Waals surface area (Å²) in [7, 11) is 0. The molecule has 0 saturated heterocycles. The molecule has 0 spiro atoms. The topological polar surface area (TPSA) is 79.4 Å². The zero-order valence-corrected chi connectivity index (χ0v) is 12.6. The fourth-order valence-corrected chi connectivity index (χ4v) is 3.09. The van der Waals surface area contributed by atoms with E-state index in [1.807, 2.05) is 12.3 Å². The zero-order valence-electron chi connectivity index (χ0n) is 12.6. The highest BCUT2D eigenvalue weighted by Gasteiger charge is 2.16. The van der Waals surface area contributed by atoms with Crippen LogP contribution in [0.5, 0.6) is 0 Å². The number of H-pyrrole nitrogens is 1. The van der Waals surface area contributed by atoms with Gasteiger partial charge in [0.2, 0.25) is 0 Å². The number of aryl methyl sites for hydroxylation is 2. The van der Waals surface area contributed by atoms with E-state index in [9.17, 15) is 0 Å². The van der Waals surface area contributed by atoms with Crippen LogP contribution in [0.3, 0.4) is 0 Å². The molecule has 0 atom stereocenters. The summed E-state index contributed by atoms with van der Waals surface area (Å²) in [5.74, 6) is 1.75. The van der Waals surface area contributed by atoms with Gasteiger partial charge in [0.1, 0.15) is 17.7 Å². The molecule has 3 heterocycles. The number of hydrogen-bond donors (Lipinski definition) is 2. The first kappa shape index (κ1) is 13.2. The Hall–Kier alpha value is -2.50. The van der Waals surface area contributed by atoms with Crippen LogP contribution in [0.1, 0.15) is 29.2 Å². The van der Waals surface area contributed by atoms with E-state index < -0.39 is 0 Å². The fraction of sp³-hybridized carbons (Fsp3) is 0.375. The monoisotopic (exact) mass is 294 g/mol. The summed E-state index contributed by atoms with van der Waals surface area (Å²) in [6.45, 7) is 2.85. The first-order chi connectivity index (χ1) is 10.8. The summed E-state index contributed by atoms with van der Waals surface area (Å²) in [5.41, 5.74) is 5.61. The van der Waals surface area contributed by atoms with Crippen molar-refractivity contribution >= 4 is 16.9 Å². The molecule has 1 aliphatic carbocycles. The van der Waals surface area contributed by atoms with Crippen molar-refractivity contribution < 1.29 is 0 Å². The third kappa shape index (κ3) is 2.30. The van der Waals surface area contributed by atoms with Gasteiger partial charge >= 0.3 is 0 Å². The van der Waals surface area contributed by atoms with Gasteiger partial charge in [0.05, 0.1) is 5.52 Å². The van der Waals surface area contributed by atoms with E-state index in [1.165, 1.54) is 17.7 Å². The summed E-state index contributed by atoms with van der Waals surface area (Å²) in [6, 6.07) is 1.94. The molecule has 0 bridgehead atoms. The molecule has 0 radical (unpaired) electrons. The highest BCUT2D eigenvalue weighted by atomic mass is 15.0. The lowest BCUT2D eigenvalue weighted by Gasteiger charge is -2.08. The van der Waals surface area contributed by atoms with Gasteiger partial charge in [-0.25, -0.2) is 19.9 Å². The summed E-state index contributed by atoms with van der Waals surface area (Å²) >= 11 is 0. The minimum absolute atomic E-state index is 0.753. The van der Waals surface area contributed by atoms with Crippen LogP contribution >= 0.6 is 0 Å². The van der Waals surface area contributed by atoms with Gasteiger partial charge < -0.3 is 10.3 Å². The Morgan fingerprint density at radius 1 is 1.23 bits per heavy atom. The largest absolute Gasteiger partial charge is 0.368 e. The number of fused-ring (bicyclic) bond motifs is 2. The Morgan fingerprint density at radius 3 is 3.14 bits per heavy atom. The van der Waals surface area contributed by atoms with Gasteiger partial charge in [0, 0.05) is 30.6 Å². The van der Waals surface area contributed by atoms with E-state index in [0.717, 1.165) is 54.2 Å². The van der Waals surface area contributed by atoms with Gasteiger partial charge in [0.15, 0.2) is 5.82 Å². The van der Waals surface area contributed by atoms with E-state index in [1.54, 1.807) is 6.33 Å². The normalized spacial score (nSPS) is 13.5. The quantitative estimate of drug-likeness (QED) is 0.771. The lowest BCUT2D eigenvalue weighted by molar-refractivity contribution is 0.845. The predicted octanol–water partition coefficient (Wildman–Crippen LogP) is 2.20. The van der Waals surface area contributed by atoms with Crippen LogP contribution in [-0.4, -0.2) is 31.5 Å². The SMILES string of the molecule is Cc1nc(CCNc2ncnc3cc[nH]c23)nc2c1CCC2. The van der Waals surface area contributed by atoms with Crippen LogP contribution in [0, 0.1) is 6.92 Å². The molecule has 0 aliphatic heterocycles. The van der Waals surface area contributed by atoms with Crippen LogP contribution in [0.4, 0.5) is 5.82 Å². The second kappa shape index (κ2) is 5.36. The second-order valence-corrected chi connectivity index (χ2v) is 5.64. The number of anilines is 1. The molecule has 0 fully saturated rings. The van der Waals surface area contributed by atoms with Crippen LogP contribution in [0.15, 0.2) is 18.6 Å². The van der Waals surface area contributed by atoms with E-state index in [-0.39, 0.29) is 0 Å². The number of aromatic amines is 1. The third-order valence-electron chi connectivity index (χ3n) is 4.17. The number of nitrogens with one attached hydrogen (secondary N) is 2. The van der Waals surface area contributed by atoms with Crippen molar-refractivity contribution in [2.24, 2.45) is 0 Å². The molecule has 1 aliphatic rings. The molecule has 22 heavy (non-hydrogen) atoms. The van der Waals surface area contributed by atoms with Gasteiger partial charge in [-0.2, -0.15) is 0 Å². The molecule has 0 amide bonds. The average molecular weight is 294 g/mol. The Balaban J connectivity index is 1.47. The Labute approximate surface area is 128 Å². The molecular formula is C16H18N6. The zero-order chi connectivity index (χ0) is 14.9. The predicted molar refractivity (Wildman–Crippen MR) is 84.9 cm³/mol. The van der Waals surface area contributed by atoms with E-state index in [2.05, 4.69) is 32.2 Å². The van der Waals surface area contributed by atoms with Crippen molar-refractivity contribution in [3.05, 3.63) is 41.4 Å². The van der Waals surface area contributed by atoms with Gasteiger partial charge in [-0.15, -0.1) is 0 Å². The maximum Gasteiger partial charge on any atom is 0.153 e. The molecule has 3 aromatic heterocycles. The van der Waals surface area contributed by atoms with Gasteiger partial charge in [-0.1, -0.05) is 0 Å². The van der Waals surface area contributed by atoms with Crippen molar-refractivity contribution in [3.8, 4) is 0 Å². The molecule has 3 aromatic rings. The second-order valence-electron chi connectivity index (χ2n) is 5.64. The molecule has 0 saturated carbocycles. The highest BCUT2D eigenvalue weighted by molar-refractivity contribution is 5.85. The minimum Gasteiger partial charge on any atom is -0.368 e. The minimum atomic E-state index is 0.753. The summed E-state index contributed by atoms with van der Waals surface area (Å²) in [4.78, 5) is 21.0. The number of aromatic nitrogens is 5. The van der Waals surface area contributed by atoms with Crippen LogP contribution in [0.25, 0.3) is 11.0 Å². The highest BCUT2D eigenvalue weighted by Crippen LogP contribution is 2.22. The third-order valence-corrected chi connectivity index (χ3v) is 4.17. The van der Waals surface area contributed by atoms with E-state index >= 15 is 0 Å². The van der Waals surface area contributed by atoms with Crippen LogP contribution < -0.4 is 5.32 Å². The Kier molecular flexibility index (Phi) is 3.21. The maximum atomic E-state index is 4.71. The van der Waals surface area contributed by atoms with Crippen molar-refractivity contribution in [1.29, 1.82) is 0 Å². The van der Waals surface area contributed by atoms with Crippen LogP contribution in [-0.2, 0) is 19.3 Å². The number of nitrogens with zero attached hydrogens (tertiary/aromatic N) is 4. The molecule has 0 aromatic carbocycles. The Bertz CT molecular complexity index is 823. The first-order valence-electron chi connectivity index (χ1n) is 7.68. The first-order valence-corrected chi connectivity index (χ1v) is 7.68. The van der Waals surface area contributed by atoms with E-state index in [4.69, 9.17) is 4.98 Å². The summed E-state index contributed by atoms with van der Waals surface area (Å²) in [5, 5.41) is 3.35. The molecule has 4 rings (SSSR count). The van der Waals surface area contributed by atoms with Crippen molar-refractivity contribution in [2.75, 3.05) is 11.9 Å². The average Bonchev–Trinajstić information content (AvgIpc) is 3.16. The fourth-order valence-electron chi connectivity index (χ4n) is 3.09. The number of hydrogen-bond acceptors (Lipinski definition) is 5. The molecule has 6 nitrogen and oxygen atoms in total.